The molecule has 0 radical (unpaired) electrons. The molecule has 0 N–H and O–H groups in total. The quantitative estimate of drug-likeness (QED) is 0.598. The summed E-state index contributed by atoms with van der Waals surface area (Å²) in [6.07, 6.45) is 13.6. The molecule has 13 heavy (non-hydrogen) atoms. The number of hydrogen-bond acceptors (Lipinski definition) is 1. The van der Waals surface area contributed by atoms with E-state index in [0.717, 1.165) is 18.1 Å². The molecule has 1 aliphatic carbocycles. The fourth-order valence-corrected chi connectivity index (χ4v) is 3.93. The van der Waals surface area contributed by atoms with E-state index in [1.807, 2.05) is 0 Å². The van der Waals surface area contributed by atoms with Gasteiger partial charge in [-0.15, -0.1) is 0 Å². The number of rotatable bonds is 1. The molecule has 1 nitrogen and oxygen atoms in total. The molecule has 3 aliphatic rings. The smallest absolute Gasteiger partial charge is 0.0102 e. The first kappa shape index (κ1) is 8.28. The highest BCUT2D eigenvalue weighted by Gasteiger charge is 2.42. The van der Waals surface area contributed by atoms with Crippen LogP contribution in [0.2, 0.25) is 0 Å². The van der Waals surface area contributed by atoms with E-state index in [-0.39, 0.29) is 0 Å². The third-order valence-corrected chi connectivity index (χ3v) is 4.51. The zero-order chi connectivity index (χ0) is 8.67. The van der Waals surface area contributed by atoms with Crippen molar-refractivity contribution in [3.8, 4) is 0 Å². The maximum absolute atomic E-state index is 2.92. The lowest BCUT2D eigenvalue weighted by atomic mass is 9.94. The van der Waals surface area contributed by atoms with E-state index in [1.165, 1.54) is 57.8 Å². The standard InChI is InChI=1S/C12H21N/c1-2-4-10(5-3-1)13-11-6-7-12(13)9-8-11/h10-12H,1-9H2. The largest absolute Gasteiger partial charge is 0.294 e. The Labute approximate surface area is 81.5 Å². The predicted octanol–water partition coefficient (Wildman–Crippen LogP) is 2.95. The zero-order valence-corrected chi connectivity index (χ0v) is 8.54. The minimum Gasteiger partial charge on any atom is -0.294 e. The molecule has 1 heteroatoms. The predicted molar refractivity (Wildman–Crippen MR) is 54.8 cm³/mol. The van der Waals surface area contributed by atoms with Gasteiger partial charge in [0.05, 0.1) is 0 Å². The summed E-state index contributed by atoms with van der Waals surface area (Å²) in [6, 6.07) is 3.01. The highest BCUT2D eigenvalue weighted by Crippen LogP contribution is 2.41. The Bertz CT molecular complexity index is 164. The molecular weight excluding hydrogens is 158 g/mol. The van der Waals surface area contributed by atoms with Gasteiger partial charge in [-0.2, -0.15) is 0 Å². The van der Waals surface area contributed by atoms with Gasteiger partial charge in [0, 0.05) is 18.1 Å². The zero-order valence-electron chi connectivity index (χ0n) is 8.54. The van der Waals surface area contributed by atoms with E-state index >= 15 is 0 Å². The maximum Gasteiger partial charge on any atom is 0.0102 e. The first-order valence-corrected chi connectivity index (χ1v) is 6.22. The molecule has 0 atom stereocenters. The normalized spacial score (nSPS) is 41.5. The molecule has 0 unspecified atom stereocenters. The third kappa shape index (κ3) is 1.32. The summed E-state index contributed by atoms with van der Waals surface area (Å²) in [5.41, 5.74) is 0. The first-order chi connectivity index (χ1) is 6.45. The summed E-state index contributed by atoms with van der Waals surface area (Å²) in [4.78, 5) is 2.92. The lowest BCUT2D eigenvalue weighted by Crippen LogP contribution is -2.40. The van der Waals surface area contributed by atoms with E-state index in [1.54, 1.807) is 0 Å². The molecule has 1 saturated carbocycles. The highest BCUT2D eigenvalue weighted by atomic mass is 15.3. The molecule has 0 aromatic carbocycles. The van der Waals surface area contributed by atoms with Gasteiger partial charge in [-0.1, -0.05) is 19.3 Å². The van der Waals surface area contributed by atoms with Gasteiger partial charge in [-0.25, -0.2) is 0 Å². The average Bonchev–Trinajstić information content (AvgIpc) is 2.78. The van der Waals surface area contributed by atoms with Crippen LogP contribution in [0.15, 0.2) is 0 Å². The van der Waals surface area contributed by atoms with Crippen LogP contribution in [0.1, 0.15) is 57.8 Å². The topological polar surface area (TPSA) is 3.24 Å². The number of nitrogens with zero attached hydrogens (tertiary/aromatic N) is 1. The van der Waals surface area contributed by atoms with E-state index in [2.05, 4.69) is 4.90 Å². The van der Waals surface area contributed by atoms with Crippen LogP contribution in [0.5, 0.6) is 0 Å². The molecular formula is C12H21N. The molecule has 0 aromatic heterocycles. The van der Waals surface area contributed by atoms with Crippen molar-refractivity contribution in [1.82, 2.24) is 4.90 Å². The van der Waals surface area contributed by atoms with Crippen LogP contribution in [0.3, 0.4) is 0 Å². The highest BCUT2D eigenvalue weighted by molar-refractivity contribution is 4.98. The average molecular weight is 179 g/mol. The van der Waals surface area contributed by atoms with Gasteiger partial charge in [0.1, 0.15) is 0 Å². The monoisotopic (exact) mass is 179 g/mol. The Kier molecular flexibility index (Phi) is 2.08. The lowest BCUT2D eigenvalue weighted by molar-refractivity contribution is 0.138. The van der Waals surface area contributed by atoms with Gasteiger partial charge in [-0.3, -0.25) is 4.90 Å². The van der Waals surface area contributed by atoms with Gasteiger partial charge >= 0.3 is 0 Å². The van der Waals surface area contributed by atoms with Gasteiger partial charge < -0.3 is 0 Å². The van der Waals surface area contributed by atoms with Crippen LogP contribution in [-0.2, 0) is 0 Å². The first-order valence-electron chi connectivity index (χ1n) is 6.22. The molecule has 0 amide bonds. The molecule has 2 saturated heterocycles. The van der Waals surface area contributed by atoms with Crippen molar-refractivity contribution in [2.45, 2.75) is 75.9 Å². The van der Waals surface area contributed by atoms with Gasteiger partial charge in [0.2, 0.25) is 0 Å². The van der Waals surface area contributed by atoms with Crippen LogP contribution in [-0.4, -0.2) is 23.0 Å². The fourth-order valence-electron chi connectivity index (χ4n) is 3.93. The molecule has 2 aliphatic heterocycles. The molecule has 3 rings (SSSR count). The van der Waals surface area contributed by atoms with Crippen molar-refractivity contribution >= 4 is 0 Å². The Morgan fingerprint density at radius 1 is 0.538 bits per heavy atom. The second-order valence-corrected chi connectivity index (χ2v) is 5.20. The summed E-state index contributed by atoms with van der Waals surface area (Å²) < 4.78 is 0. The van der Waals surface area contributed by atoms with Crippen molar-refractivity contribution in [3.63, 3.8) is 0 Å². The molecule has 0 aromatic rings. The van der Waals surface area contributed by atoms with Crippen LogP contribution in [0, 0.1) is 0 Å². The van der Waals surface area contributed by atoms with E-state index < -0.39 is 0 Å². The van der Waals surface area contributed by atoms with Gasteiger partial charge in [0.25, 0.3) is 0 Å². The van der Waals surface area contributed by atoms with E-state index in [9.17, 15) is 0 Å². The van der Waals surface area contributed by atoms with Crippen molar-refractivity contribution in [1.29, 1.82) is 0 Å². The molecule has 2 heterocycles. The van der Waals surface area contributed by atoms with Gasteiger partial charge in [-0.05, 0) is 38.5 Å². The van der Waals surface area contributed by atoms with Crippen LogP contribution >= 0.6 is 0 Å². The van der Waals surface area contributed by atoms with E-state index in [4.69, 9.17) is 0 Å². The minimum atomic E-state index is 0.994. The van der Waals surface area contributed by atoms with Crippen LogP contribution < -0.4 is 0 Å². The van der Waals surface area contributed by atoms with Crippen molar-refractivity contribution in [2.24, 2.45) is 0 Å². The van der Waals surface area contributed by atoms with E-state index in [0.29, 0.717) is 0 Å². The fraction of sp³-hybridized carbons (Fsp3) is 1.00. The van der Waals surface area contributed by atoms with Crippen LogP contribution in [0.25, 0.3) is 0 Å². The summed E-state index contributed by atoms with van der Waals surface area (Å²) in [6.45, 7) is 0. The van der Waals surface area contributed by atoms with Crippen molar-refractivity contribution in [3.05, 3.63) is 0 Å². The Morgan fingerprint density at radius 2 is 1.00 bits per heavy atom. The summed E-state index contributed by atoms with van der Waals surface area (Å²) in [5.74, 6) is 0. The SMILES string of the molecule is C1CCC(N2C3CCC2CC3)CC1. The number of hydrogen-bond donors (Lipinski definition) is 0. The molecule has 3 fully saturated rings. The Balaban J connectivity index is 1.70. The number of fused-ring (bicyclic) bond motifs is 2. The Hall–Kier alpha value is -0.0400. The minimum absolute atomic E-state index is 0.994. The Morgan fingerprint density at radius 3 is 1.54 bits per heavy atom. The molecule has 0 spiro atoms. The summed E-state index contributed by atoms with van der Waals surface area (Å²) >= 11 is 0. The summed E-state index contributed by atoms with van der Waals surface area (Å²) in [7, 11) is 0. The molecule has 74 valence electrons. The van der Waals surface area contributed by atoms with Gasteiger partial charge in [0.15, 0.2) is 0 Å². The van der Waals surface area contributed by atoms with Crippen molar-refractivity contribution in [2.75, 3.05) is 0 Å². The maximum atomic E-state index is 2.92. The van der Waals surface area contributed by atoms with Crippen molar-refractivity contribution < 1.29 is 0 Å². The van der Waals surface area contributed by atoms with Crippen LogP contribution in [0.4, 0.5) is 0 Å². The molecule has 2 bridgehead atoms. The third-order valence-electron chi connectivity index (χ3n) is 4.51. The lowest BCUT2D eigenvalue weighted by Gasteiger charge is -2.34. The second kappa shape index (κ2) is 3.27. The summed E-state index contributed by atoms with van der Waals surface area (Å²) in [5, 5.41) is 0. The second-order valence-electron chi connectivity index (χ2n) is 5.20.